The van der Waals surface area contributed by atoms with Crippen LogP contribution in [0.1, 0.15) is 24.1 Å². The van der Waals surface area contributed by atoms with Crippen molar-refractivity contribution < 1.29 is 4.74 Å². The van der Waals surface area contributed by atoms with Crippen LogP contribution in [0, 0.1) is 6.92 Å². The lowest BCUT2D eigenvalue weighted by atomic mass is 10.2. The molecule has 0 bridgehead atoms. The zero-order valence-corrected chi connectivity index (χ0v) is 11.2. The van der Waals surface area contributed by atoms with Gasteiger partial charge in [0, 0.05) is 30.2 Å². The fraction of sp³-hybridized carbons (Fsp3) is 0.615. The van der Waals surface area contributed by atoms with E-state index < -0.39 is 0 Å². The van der Waals surface area contributed by atoms with Gasteiger partial charge in [-0.3, -0.25) is 0 Å². The average molecular weight is 255 g/mol. The van der Waals surface area contributed by atoms with Crippen molar-refractivity contribution in [2.45, 2.75) is 31.7 Å². The van der Waals surface area contributed by atoms with Crippen molar-refractivity contribution in [3.63, 3.8) is 0 Å². The number of halogens is 1. The van der Waals surface area contributed by atoms with Gasteiger partial charge in [0.25, 0.3) is 0 Å². The molecule has 0 spiro atoms. The second kappa shape index (κ2) is 5.69. The Kier molecular flexibility index (Phi) is 4.24. The van der Waals surface area contributed by atoms with Crippen LogP contribution in [0.25, 0.3) is 0 Å². The SMILES string of the molecule is Cc1nc(OCCN(C)C2CC2)ccc1CCl. The van der Waals surface area contributed by atoms with Crippen molar-refractivity contribution in [3.05, 3.63) is 23.4 Å². The Hall–Kier alpha value is -0.800. The van der Waals surface area contributed by atoms with Gasteiger partial charge in [-0.2, -0.15) is 0 Å². The Morgan fingerprint density at radius 3 is 2.82 bits per heavy atom. The number of pyridine rings is 1. The molecule has 1 saturated carbocycles. The van der Waals surface area contributed by atoms with Crippen molar-refractivity contribution in [1.82, 2.24) is 9.88 Å². The highest BCUT2D eigenvalue weighted by atomic mass is 35.5. The number of nitrogens with zero attached hydrogens (tertiary/aromatic N) is 2. The highest BCUT2D eigenvalue weighted by molar-refractivity contribution is 6.17. The summed E-state index contributed by atoms with van der Waals surface area (Å²) in [5.74, 6) is 1.20. The summed E-state index contributed by atoms with van der Waals surface area (Å²) < 4.78 is 5.64. The smallest absolute Gasteiger partial charge is 0.213 e. The minimum Gasteiger partial charge on any atom is -0.476 e. The molecule has 0 radical (unpaired) electrons. The summed E-state index contributed by atoms with van der Waals surface area (Å²) in [6.45, 7) is 3.61. The van der Waals surface area contributed by atoms with Crippen molar-refractivity contribution in [1.29, 1.82) is 0 Å². The number of ether oxygens (including phenoxy) is 1. The van der Waals surface area contributed by atoms with E-state index in [1.807, 2.05) is 19.1 Å². The molecule has 0 unspecified atom stereocenters. The minimum absolute atomic E-state index is 0.504. The normalized spacial score (nSPS) is 15.3. The second-order valence-corrected chi connectivity index (χ2v) is 4.86. The topological polar surface area (TPSA) is 25.4 Å². The van der Waals surface area contributed by atoms with Crippen LogP contribution in [0.4, 0.5) is 0 Å². The zero-order valence-electron chi connectivity index (χ0n) is 10.4. The average Bonchev–Trinajstić information content (AvgIpc) is 3.13. The summed E-state index contributed by atoms with van der Waals surface area (Å²) >= 11 is 5.78. The maximum atomic E-state index is 5.78. The molecule has 0 atom stereocenters. The van der Waals surface area contributed by atoms with E-state index in [0.717, 1.165) is 23.8 Å². The predicted octanol–water partition coefficient (Wildman–Crippen LogP) is 2.60. The first-order chi connectivity index (χ1) is 8.20. The molecular weight excluding hydrogens is 236 g/mol. The molecule has 94 valence electrons. The van der Waals surface area contributed by atoms with Crippen molar-refractivity contribution in [2.75, 3.05) is 20.2 Å². The van der Waals surface area contributed by atoms with Gasteiger partial charge in [-0.1, -0.05) is 6.07 Å². The third kappa shape index (κ3) is 3.58. The molecule has 0 N–H and O–H groups in total. The first-order valence-corrected chi connectivity index (χ1v) is 6.59. The molecule has 0 saturated heterocycles. The van der Waals surface area contributed by atoms with Crippen LogP contribution in [0.15, 0.2) is 12.1 Å². The first kappa shape index (κ1) is 12.7. The molecule has 0 amide bonds. The zero-order chi connectivity index (χ0) is 12.3. The van der Waals surface area contributed by atoms with Gasteiger partial charge in [0.05, 0.1) is 0 Å². The van der Waals surface area contributed by atoms with E-state index >= 15 is 0 Å². The molecule has 17 heavy (non-hydrogen) atoms. The van der Waals surface area contributed by atoms with E-state index in [9.17, 15) is 0 Å². The Balaban J connectivity index is 1.80. The molecule has 1 aliphatic carbocycles. The maximum absolute atomic E-state index is 5.78. The van der Waals surface area contributed by atoms with Gasteiger partial charge >= 0.3 is 0 Å². The summed E-state index contributed by atoms with van der Waals surface area (Å²) in [4.78, 5) is 6.72. The van der Waals surface area contributed by atoms with Gasteiger partial charge in [0.15, 0.2) is 0 Å². The summed E-state index contributed by atoms with van der Waals surface area (Å²) in [6.07, 6.45) is 2.66. The van der Waals surface area contributed by atoms with Crippen molar-refractivity contribution in [2.24, 2.45) is 0 Å². The van der Waals surface area contributed by atoms with Gasteiger partial charge < -0.3 is 9.64 Å². The molecule has 1 fully saturated rings. The van der Waals surface area contributed by atoms with E-state index in [2.05, 4.69) is 16.9 Å². The monoisotopic (exact) mass is 254 g/mol. The van der Waals surface area contributed by atoms with Crippen LogP contribution < -0.4 is 4.74 Å². The quantitative estimate of drug-likeness (QED) is 0.730. The Labute approximate surface area is 108 Å². The van der Waals surface area contributed by atoms with Gasteiger partial charge in [0.1, 0.15) is 6.61 Å². The van der Waals surface area contributed by atoms with Crippen LogP contribution in [0.2, 0.25) is 0 Å². The summed E-state index contributed by atoms with van der Waals surface area (Å²) in [5.41, 5.74) is 2.02. The number of rotatable bonds is 6. The van der Waals surface area contributed by atoms with Crippen LogP contribution >= 0.6 is 11.6 Å². The maximum Gasteiger partial charge on any atom is 0.213 e. The number of hydrogen-bond acceptors (Lipinski definition) is 3. The lowest BCUT2D eigenvalue weighted by Gasteiger charge is -2.15. The first-order valence-electron chi connectivity index (χ1n) is 6.06. The van der Waals surface area contributed by atoms with Gasteiger partial charge in [0.2, 0.25) is 5.88 Å². The molecule has 2 rings (SSSR count). The molecule has 4 heteroatoms. The Bertz CT molecular complexity index is 380. The molecule has 0 aromatic carbocycles. The van der Waals surface area contributed by atoms with E-state index in [0.29, 0.717) is 18.4 Å². The van der Waals surface area contributed by atoms with E-state index in [1.165, 1.54) is 12.8 Å². The highest BCUT2D eigenvalue weighted by Gasteiger charge is 2.25. The third-order valence-electron chi connectivity index (χ3n) is 3.18. The summed E-state index contributed by atoms with van der Waals surface area (Å²) in [5, 5.41) is 0. The molecule has 3 nitrogen and oxygen atoms in total. The number of alkyl halides is 1. The number of hydrogen-bond donors (Lipinski definition) is 0. The van der Waals surface area contributed by atoms with E-state index in [1.54, 1.807) is 0 Å². The summed E-state index contributed by atoms with van der Waals surface area (Å²) in [6, 6.07) is 4.66. The van der Waals surface area contributed by atoms with Crippen LogP contribution in [-0.2, 0) is 5.88 Å². The number of aryl methyl sites for hydroxylation is 1. The van der Waals surface area contributed by atoms with Gasteiger partial charge in [-0.15, -0.1) is 11.6 Å². The molecule has 1 heterocycles. The molecule has 1 aliphatic rings. The van der Waals surface area contributed by atoms with Crippen LogP contribution in [-0.4, -0.2) is 36.1 Å². The van der Waals surface area contributed by atoms with Crippen molar-refractivity contribution in [3.8, 4) is 5.88 Å². The Morgan fingerprint density at radius 1 is 1.47 bits per heavy atom. The van der Waals surface area contributed by atoms with Crippen molar-refractivity contribution >= 4 is 11.6 Å². The van der Waals surface area contributed by atoms with E-state index in [-0.39, 0.29) is 0 Å². The van der Waals surface area contributed by atoms with Gasteiger partial charge in [-0.25, -0.2) is 4.98 Å². The van der Waals surface area contributed by atoms with Gasteiger partial charge in [-0.05, 0) is 32.4 Å². The molecular formula is C13H19ClN2O. The second-order valence-electron chi connectivity index (χ2n) is 4.59. The van der Waals surface area contributed by atoms with Crippen LogP contribution in [0.3, 0.4) is 0 Å². The third-order valence-corrected chi connectivity index (χ3v) is 3.47. The van der Waals surface area contributed by atoms with E-state index in [4.69, 9.17) is 16.3 Å². The van der Waals surface area contributed by atoms with Crippen LogP contribution in [0.5, 0.6) is 5.88 Å². The lowest BCUT2D eigenvalue weighted by molar-refractivity contribution is 0.226. The number of aromatic nitrogens is 1. The Morgan fingerprint density at radius 2 is 2.24 bits per heavy atom. The number of likely N-dealkylation sites (N-methyl/N-ethyl adjacent to an activating group) is 1. The largest absolute Gasteiger partial charge is 0.476 e. The summed E-state index contributed by atoms with van der Waals surface area (Å²) in [7, 11) is 2.15. The molecule has 0 aliphatic heterocycles. The predicted molar refractivity (Wildman–Crippen MR) is 69.7 cm³/mol. The minimum atomic E-state index is 0.504. The fourth-order valence-corrected chi connectivity index (χ4v) is 2.06. The fourth-order valence-electron chi connectivity index (χ4n) is 1.78. The highest BCUT2D eigenvalue weighted by Crippen LogP contribution is 2.24. The molecule has 1 aromatic rings. The standard InChI is InChI=1S/C13H19ClN2O/c1-10-11(9-14)3-6-13(15-10)17-8-7-16(2)12-4-5-12/h3,6,12H,4-5,7-9H2,1-2H3. The molecule has 1 aromatic heterocycles. The lowest BCUT2D eigenvalue weighted by Crippen LogP contribution is -2.26.